The van der Waals surface area contributed by atoms with E-state index < -0.39 is 22.8 Å². The van der Waals surface area contributed by atoms with Crippen LogP contribution in [0.4, 0.5) is 0 Å². The van der Waals surface area contributed by atoms with Crippen LogP contribution in [0, 0.1) is 10.8 Å². The Morgan fingerprint density at radius 2 is 1.03 bits per heavy atom. The van der Waals surface area contributed by atoms with E-state index in [-0.39, 0.29) is 0 Å². The molecule has 0 radical (unpaired) electrons. The summed E-state index contributed by atoms with van der Waals surface area (Å²) in [4.78, 5) is 24.3. The molecule has 0 saturated heterocycles. The molecule has 0 fully saturated rings. The number of thioether (sulfide) groups is 2. The van der Waals surface area contributed by atoms with Gasteiger partial charge < -0.3 is 14.9 Å². The summed E-state index contributed by atoms with van der Waals surface area (Å²) >= 11 is 3.00. The van der Waals surface area contributed by atoms with E-state index in [1.807, 2.05) is 48.5 Å². The number of hydrogen-bond acceptors (Lipinski definition) is 5. The van der Waals surface area contributed by atoms with Crippen LogP contribution in [-0.2, 0) is 9.59 Å². The predicted octanol–water partition coefficient (Wildman–Crippen LogP) is 5.88. The van der Waals surface area contributed by atoms with Crippen LogP contribution in [0.25, 0.3) is 0 Å². The highest BCUT2D eigenvalue weighted by Crippen LogP contribution is 2.32. The molecule has 5 nitrogen and oxygen atoms in total. The highest BCUT2D eigenvalue weighted by Gasteiger charge is 2.27. The first-order chi connectivity index (χ1) is 13.5. The van der Waals surface area contributed by atoms with Gasteiger partial charge in [0.2, 0.25) is 0 Å². The largest absolute Gasteiger partial charge is 0.481 e. The van der Waals surface area contributed by atoms with Crippen molar-refractivity contribution in [2.45, 2.75) is 37.5 Å². The number of carboxylic acid groups (broad SMARTS) is 2. The monoisotopic (exact) mass is 434 g/mol. The predicted molar refractivity (Wildman–Crippen MR) is 117 cm³/mol. The van der Waals surface area contributed by atoms with E-state index in [0.717, 1.165) is 9.79 Å². The summed E-state index contributed by atoms with van der Waals surface area (Å²) in [7, 11) is 0. The van der Waals surface area contributed by atoms with Crippen molar-refractivity contribution in [1.82, 2.24) is 0 Å². The van der Waals surface area contributed by atoms with E-state index in [1.54, 1.807) is 27.7 Å². The lowest BCUT2D eigenvalue weighted by Gasteiger charge is -2.18. The maximum atomic E-state index is 11.2. The van der Waals surface area contributed by atoms with Crippen molar-refractivity contribution in [1.29, 1.82) is 0 Å². The van der Waals surface area contributed by atoms with Crippen LogP contribution in [0.1, 0.15) is 27.7 Å². The van der Waals surface area contributed by atoms with Crippen molar-refractivity contribution in [3.63, 3.8) is 0 Å². The Labute approximate surface area is 179 Å². The highest BCUT2D eigenvalue weighted by molar-refractivity contribution is 7.99. The molecule has 0 spiro atoms. The molecule has 0 aliphatic rings. The standard InChI is InChI=1S/C22H26O5S2/c1-21(2,19(23)24)13-28-17-9-5-15(6-10-17)27-16-7-11-18(12-8-16)29-14-22(3,4)20(25)26/h5-12H,13-14H2,1-4H3,(H,23,24)(H,25,26). The zero-order valence-electron chi connectivity index (χ0n) is 17.0. The van der Waals surface area contributed by atoms with Crippen molar-refractivity contribution in [3.05, 3.63) is 48.5 Å². The molecule has 29 heavy (non-hydrogen) atoms. The molecule has 0 heterocycles. The third-order valence-electron chi connectivity index (χ3n) is 4.24. The summed E-state index contributed by atoms with van der Waals surface area (Å²) in [5.41, 5.74) is -1.56. The van der Waals surface area contributed by atoms with Gasteiger partial charge in [0.25, 0.3) is 0 Å². The minimum Gasteiger partial charge on any atom is -0.481 e. The molecular formula is C22H26O5S2. The summed E-state index contributed by atoms with van der Waals surface area (Å²) in [6.45, 7) is 6.85. The first-order valence-electron chi connectivity index (χ1n) is 9.10. The number of carbonyl (C=O) groups is 2. The van der Waals surface area contributed by atoms with Crippen molar-refractivity contribution < 1.29 is 24.5 Å². The van der Waals surface area contributed by atoms with Gasteiger partial charge in [0, 0.05) is 21.3 Å². The SMILES string of the molecule is CC(C)(CSc1ccc(Oc2ccc(SCC(C)(C)C(=O)O)cc2)cc1)C(=O)O. The Hall–Kier alpha value is -2.12. The zero-order chi connectivity index (χ0) is 21.7. The first-order valence-corrected chi connectivity index (χ1v) is 11.1. The van der Waals surface area contributed by atoms with Gasteiger partial charge in [-0.05, 0) is 76.2 Å². The summed E-state index contributed by atoms with van der Waals surface area (Å²) in [6.07, 6.45) is 0. The smallest absolute Gasteiger partial charge is 0.309 e. The van der Waals surface area contributed by atoms with Crippen LogP contribution in [-0.4, -0.2) is 33.7 Å². The molecule has 0 saturated carbocycles. The number of rotatable bonds is 10. The molecule has 156 valence electrons. The average Bonchev–Trinajstić information content (AvgIpc) is 2.67. The van der Waals surface area contributed by atoms with Gasteiger partial charge >= 0.3 is 11.9 Å². The van der Waals surface area contributed by atoms with Gasteiger partial charge in [-0.1, -0.05) is 0 Å². The van der Waals surface area contributed by atoms with Crippen LogP contribution in [0.3, 0.4) is 0 Å². The number of aliphatic carboxylic acids is 2. The maximum absolute atomic E-state index is 11.2. The van der Waals surface area contributed by atoms with Crippen LogP contribution in [0.15, 0.2) is 58.3 Å². The number of carboxylic acids is 2. The molecule has 0 atom stereocenters. The normalized spacial score (nSPS) is 11.9. The molecule has 2 aromatic carbocycles. The van der Waals surface area contributed by atoms with Crippen LogP contribution in [0.5, 0.6) is 11.5 Å². The molecular weight excluding hydrogens is 408 g/mol. The summed E-state index contributed by atoms with van der Waals surface area (Å²) in [5, 5.41) is 18.4. The zero-order valence-corrected chi connectivity index (χ0v) is 18.6. The molecule has 0 aliphatic heterocycles. The van der Waals surface area contributed by atoms with Gasteiger partial charge in [-0.3, -0.25) is 9.59 Å². The van der Waals surface area contributed by atoms with E-state index in [2.05, 4.69) is 0 Å². The van der Waals surface area contributed by atoms with E-state index >= 15 is 0 Å². The number of benzene rings is 2. The number of ether oxygens (including phenoxy) is 1. The second kappa shape index (κ2) is 9.59. The lowest BCUT2D eigenvalue weighted by atomic mass is 9.97. The Morgan fingerprint density at radius 3 is 1.31 bits per heavy atom. The Balaban J connectivity index is 1.90. The van der Waals surface area contributed by atoms with E-state index in [1.165, 1.54) is 23.5 Å². The quantitative estimate of drug-likeness (QED) is 0.451. The van der Waals surface area contributed by atoms with Gasteiger partial charge in [-0.25, -0.2) is 0 Å². The Bertz CT molecular complexity index is 771. The fourth-order valence-electron chi connectivity index (χ4n) is 1.99. The maximum Gasteiger partial charge on any atom is 0.309 e. The molecule has 0 aliphatic carbocycles. The van der Waals surface area contributed by atoms with E-state index in [4.69, 9.17) is 4.74 Å². The molecule has 0 amide bonds. The van der Waals surface area contributed by atoms with Crippen molar-refractivity contribution in [2.75, 3.05) is 11.5 Å². The average molecular weight is 435 g/mol. The molecule has 0 aromatic heterocycles. The third-order valence-corrected chi connectivity index (χ3v) is 7.18. The molecule has 2 rings (SSSR count). The van der Waals surface area contributed by atoms with Crippen LogP contribution in [0.2, 0.25) is 0 Å². The molecule has 0 bridgehead atoms. The van der Waals surface area contributed by atoms with Gasteiger partial charge in [0.1, 0.15) is 11.5 Å². The second-order valence-electron chi connectivity index (χ2n) is 8.00. The molecule has 2 N–H and O–H groups in total. The Kier molecular flexibility index (Phi) is 7.66. The lowest BCUT2D eigenvalue weighted by Crippen LogP contribution is -2.26. The summed E-state index contributed by atoms with van der Waals surface area (Å²) in [5.74, 6) is 0.746. The van der Waals surface area contributed by atoms with E-state index in [9.17, 15) is 19.8 Å². The van der Waals surface area contributed by atoms with Crippen molar-refractivity contribution in [2.24, 2.45) is 10.8 Å². The molecule has 2 aromatic rings. The Morgan fingerprint density at radius 1 is 0.724 bits per heavy atom. The van der Waals surface area contributed by atoms with Gasteiger partial charge in [-0.15, -0.1) is 23.5 Å². The van der Waals surface area contributed by atoms with E-state index in [0.29, 0.717) is 23.0 Å². The van der Waals surface area contributed by atoms with Gasteiger partial charge in [-0.2, -0.15) is 0 Å². The topological polar surface area (TPSA) is 83.8 Å². The van der Waals surface area contributed by atoms with Crippen molar-refractivity contribution >= 4 is 35.5 Å². The lowest BCUT2D eigenvalue weighted by molar-refractivity contribution is -0.146. The van der Waals surface area contributed by atoms with Crippen LogP contribution < -0.4 is 4.74 Å². The minimum atomic E-state index is -0.807. The van der Waals surface area contributed by atoms with Gasteiger partial charge in [0.05, 0.1) is 10.8 Å². The first kappa shape index (κ1) is 23.2. The van der Waals surface area contributed by atoms with Crippen molar-refractivity contribution in [3.8, 4) is 11.5 Å². The summed E-state index contributed by atoms with van der Waals surface area (Å²) < 4.78 is 5.85. The second-order valence-corrected chi connectivity index (χ2v) is 10.1. The third kappa shape index (κ3) is 7.01. The minimum absolute atomic E-state index is 0.486. The number of hydrogen-bond donors (Lipinski definition) is 2. The molecule has 0 unspecified atom stereocenters. The van der Waals surface area contributed by atoms with Crippen LogP contribution >= 0.6 is 23.5 Å². The highest BCUT2D eigenvalue weighted by atomic mass is 32.2. The fourth-order valence-corrected chi connectivity index (χ4v) is 3.95. The fraction of sp³-hybridized carbons (Fsp3) is 0.364. The summed E-state index contributed by atoms with van der Waals surface area (Å²) in [6, 6.07) is 15.1. The molecule has 7 heteroatoms. The van der Waals surface area contributed by atoms with Gasteiger partial charge in [0.15, 0.2) is 0 Å².